The van der Waals surface area contributed by atoms with Crippen LogP contribution in [-0.2, 0) is 9.53 Å². The van der Waals surface area contributed by atoms with Gasteiger partial charge in [0.1, 0.15) is 4.93 Å². The quantitative estimate of drug-likeness (QED) is 0.725. The summed E-state index contributed by atoms with van der Waals surface area (Å²) in [5, 5.41) is 19.9. The zero-order valence-electron chi connectivity index (χ0n) is 8.86. The number of thioether (sulfide) groups is 2. The van der Waals surface area contributed by atoms with E-state index in [4.69, 9.17) is 4.74 Å². The van der Waals surface area contributed by atoms with Crippen LogP contribution in [0.1, 0.15) is 20.3 Å². The molecule has 15 heavy (non-hydrogen) atoms. The minimum absolute atomic E-state index is 0.168. The predicted molar refractivity (Wildman–Crippen MR) is 61.7 cm³/mol. The van der Waals surface area contributed by atoms with E-state index in [9.17, 15) is 15.0 Å². The van der Waals surface area contributed by atoms with Gasteiger partial charge < -0.3 is 14.9 Å². The first kappa shape index (κ1) is 13.2. The van der Waals surface area contributed by atoms with E-state index in [1.807, 2.05) is 6.92 Å². The summed E-state index contributed by atoms with van der Waals surface area (Å²) in [6, 6.07) is 0. The number of carbonyl (C=O) groups excluding carboxylic acids is 1. The maximum atomic E-state index is 11.4. The third-order valence-corrected chi connectivity index (χ3v) is 5.53. The van der Waals surface area contributed by atoms with E-state index in [-0.39, 0.29) is 12.4 Å². The van der Waals surface area contributed by atoms with Crippen molar-refractivity contribution in [2.75, 3.05) is 18.1 Å². The summed E-state index contributed by atoms with van der Waals surface area (Å²) in [5.74, 6) is -0.106. The minimum atomic E-state index is -1.50. The lowest BCUT2D eigenvalue weighted by atomic mass is 10.3. The molecular weight excluding hydrogens is 236 g/mol. The topological polar surface area (TPSA) is 66.8 Å². The van der Waals surface area contributed by atoms with Gasteiger partial charge in [-0.2, -0.15) is 0 Å². The van der Waals surface area contributed by atoms with Gasteiger partial charge in [-0.3, -0.25) is 0 Å². The molecule has 1 heterocycles. The zero-order valence-corrected chi connectivity index (χ0v) is 10.5. The average molecular weight is 252 g/mol. The summed E-state index contributed by atoms with van der Waals surface area (Å²) in [6.45, 7) is 3.83. The third kappa shape index (κ3) is 3.03. The van der Waals surface area contributed by atoms with Gasteiger partial charge in [0.05, 0.1) is 6.61 Å². The fourth-order valence-corrected chi connectivity index (χ4v) is 3.77. The standard InChI is InChI=1S/C9H16O4S2/c1-3-8(11)5-15-9(12,6-14-8)7(10)13-4-2/h11-12H,3-6H2,1-2H3. The summed E-state index contributed by atoms with van der Waals surface area (Å²) < 4.78 is 4.78. The van der Waals surface area contributed by atoms with E-state index in [0.29, 0.717) is 12.2 Å². The highest BCUT2D eigenvalue weighted by atomic mass is 32.2. The number of hydrogen-bond acceptors (Lipinski definition) is 6. The number of esters is 1. The Hall–Kier alpha value is 0.0900. The van der Waals surface area contributed by atoms with E-state index in [1.54, 1.807) is 6.92 Å². The van der Waals surface area contributed by atoms with Crippen molar-refractivity contribution in [1.82, 2.24) is 0 Å². The Morgan fingerprint density at radius 2 is 2.00 bits per heavy atom. The first-order chi connectivity index (χ1) is 6.96. The van der Waals surface area contributed by atoms with E-state index in [0.717, 1.165) is 11.8 Å². The summed E-state index contributed by atoms with van der Waals surface area (Å²) in [5.41, 5.74) is 0. The molecule has 2 unspecified atom stereocenters. The Balaban J connectivity index is 2.58. The molecule has 4 nitrogen and oxygen atoms in total. The molecule has 1 aliphatic heterocycles. The molecule has 1 saturated heterocycles. The highest BCUT2D eigenvalue weighted by Gasteiger charge is 2.47. The third-order valence-electron chi connectivity index (χ3n) is 2.22. The molecule has 88 valence electrons. The van der Waals surface area contributed by atoms with Crippen LogP contribution in [0.5, 0.6) is 0 Å². The van der Waals surface area contributed by atoms with Gasteiger partial charge in [0.15, 0.2) is 0 Å². The van der Waals surface area contributed by atoms with Crippen molar-refractivity contribution in [2.24, 2.45) is 0 Å². The van der Waals surface area contributed by atoms with Gasteiger partial charge in [-0.05, 0) is 13.3 Å². The Bertz CT molecular complexity index is 236. The summed E-state index contributed by atoms with van der Waals surface area (Å²) in [6.07, 6.45) is 0.601. The molecule has 0 aromatic heterocycles. The van der Waals surface area contributed by atoms with Crippen molar-refractivity contribution >= 4 is 29.5 Å². The van der Waals surface area contributed by atoms with Gasteiger partial charge in [-0.15, -0.1) is 23.5 Å². The molecule has 2 N–H and O–H groups in total. The van der Waals surface area contributed by atoms with Gasteiger partial charge in [-0.25, -0.2) is 4.79 Å². The van der Waals surface area contributed by atoms with Crippen molar-refractivity contribution in [1.29, 1.82) is 0 Å². The van der Waals surface area contributed by atoms with Crippen molar-refractivity contribution < 1.29 is 19.7 Å². The van der Waals surface area contributed by atoms with E-state index in [2.05, 4.69) is 0 Å². The van der Waals surface area contributed by atoms with Crippen LogP contribution in [0.3, 0.4) is 0 Å². The lowest BCUT2D eigenvalue weighted by Gasteiger charge is -2.37. The number of rotatable bonds is 3. The Morgan fingerprint density at radius 1 is 1.33 bits per heavy atom. The van der Waals surface area contributed by atoms with Crippen molar-refractivity contribution in [3.63, 3.8) is 0 Å². The van der Waals surface area contributed by atoms with Crippen LogP contribution in [0.4, 0.5) is 0 Å². The molecule has 1 fully saturated rings. The van der Waals surface area contributed by atoms with Gasteiger partial charge in [0.25, 0.3) is 0 Å². The van der Waals surface area contributed by atoms with E-state index >= 15 is 0 Å². The van der Waals surface area contributed by atoms with Gasteiger partial charge in [0.2, 0.25) is 4.93 Å². The molecule has 0 bridgehead atoms. The van der Waals surface area contributed by atoms with Crippen LogP contribution in [0.25, 0.3) is 0 Å². The molecule has 0 aliphatic carbocycles. The van der Waals surface area contributed by atoms with Crippen LogP contribution in [0.15, 0.2) is 0 Å². The summed E-state index contributed by atoms with van der Waals surface area (Å²) >= 11 is 2.27. The highest BCUT2D eigenvalue weighted by molar-refractivity contribution is 8.08. The van der Waals surface area contributed by atoms with Crippen LogP contribution in [0, 0.1) is 0 Å². The SMILES string of the molecule is CCOC(=O)C1(O)CSC(O)(CC)CS1. The second kappa shape index (κ2) is 4.95. The number of hydrogen-bond donors (Lipinski definition) is 2. The lowest BCUT2D eigenvalue weighted by molar-refractivity contribution is -0.154. The monoisotopic (exact) mass is 252 g/mol. The normalized spacial score (nSPS) is 36.3. The molecule has 0 radical (unpaired) electrons. The second-order valence-corrected chi connectivity index (χ2v) is 5.97. The molecule has 2 atom stereocenters. The maximum Gasteiger partial charge on any atom is 0.349 e. The Labute approximate surface area is 97.8 Å². The number of carbonyl (C=O) groups is 1. The second-order valence-electron chi connectivity index (χ2n) is 3.38. The zero-order chi connectivity index (χ0) is 11.5. The molecule has 6 heteroatoms. The molecule has 0 spiro atoms. The van der Waals surface area contributed by atoms with Crippen LogP contribution in [0.2, 0.25) is 0 Å². The van der Waals surface area contributed by atoms with Crippen LogP contribution >= 0.6 is 23.5 Å². The Kier molecular flexibility index (Phi) is 4.34. The fraction of sp³-hybridized carbons (Fsp3) is 0.889. The number of ether oxygens (including phenoxy) is 1. The summed E-state index contributed by atoms with van der Waals surface area (Å²) in [4.78, 5) is 9.10. The van der Waals surface area contributed by atoms with Crippen LogP contribution < -0.4 is 0 Å². The lowest BCUT2D eigenvalue weighted by Crippen LogP contribution is -2.47. The number of aliphatic hydroxyl groups is 2. The highest BCUT2D eigenvalue weighted by Crippen LogP contribution is 2.43. The molecular formula is C9H16O4S2. The largest absolute Gasteiger partial charge is 0.463 e. The molecule has 1 aliphatic rings. The molecule has 0 amide bonds. The maximum absolute atomic E-state index is 11.4. The molecule has 1 rings (SSSR count). The van der Waals surface area contributed by atoms with E-state index in [1.165, 1.54) is 11.8 Å². The van der Waals surface area contributed by atoms with E-state index < -0.39 is 15.8 Å². The van der Waals surface area contributed by atoms with Crippen molar-refractivity contribution in [2.45, 2.75) is 30.1 Å². The molecule has 0 aromatic carbocycles. The Morgan fingerprint density at radius 3 is 2.40 bits per heavy atom. The first-order valence-corrected chi connectivity index (χ1v) is 6.83. The summed E-state index contributed by atoms with van der Waals surface area (Å²) in [7, 11) is 0. The average Bonchev–Trinajstić information content (AvgIpc) is 2.23. The van der Waals surface area contributed by atoms with Gasteiger partial charge >= 0.3 is 5.97 Å². The molecule has 0 aromatic rings. The van der Waals surface area contributed by atoms with Crippen molar-refractivity contribution in [3.05, 3.63) is 0 Å². The fourth-order valence-electron chi connectivity index (χ4n) is 1.11. The van der Waals surface area contributed by atoms with Gasteiger partial charge in [0, 0.05) is 11.5 Å². The molecule has 0 saturated carbocycles. The predicted octanol–water partition coefficient (Wildman–Crippen LogP) is 0.817. The van der Waals surface area contributed by atoms with Crippen LogP contribution in [-0.4, -0.2) is 44.2 Å². The smallest absolute Gasteiger partial charge is 0.349 e. The minimum Gasteiger partial charge on any atom is -0.463 e. The van der Waals surface area contributed by atoms with Gasteiger partial charge in [-0.1, -0.05) is 6.92 Å². The first-order valence-electron chi connectivity index (χ1n) is 4.85. The van der Waals surface area contributed by atoms with Crippen molar-refractivity contribution in [3.8, 4) is 0 Å².